The van der Waals surface area contributed by atoms with Crippen LogP contribution < -0.4 is 4.74 Å². The summed E-state index contributed by atoms with van der Waals surface area (Å²) in [5, 5.41) is 8.75. The number of carbonyl (C=O) groups is 1. The molecule has 4 nitrogen and oxygen atoms in total. The molecule has 0 aliphatic rings. The number of alkyl halides is 1. The van der Waals surface area contributed by atoms with E-state index in [1.807, 2.05) is 12.1 Å². The molecule has 0 spiro atoms. The molecule has 0 aliphatic heterocycles. The minimum Gasteiger partial charge on any atom is -0.491 e. The second kappa shape index (κ2) is 17.8. The number of aliphatic carboxylic acids is 1. The van der Waals surface area contributed by atoms with Gasteiger partial charge in [0.1, 0.15) is 11.4 Å². The van der Waals surface area contributed by atoms with Gasteiger partial charge in [-0.3, -0.25) is 4.79 Å². The minimum atomic E-state index is -0.868. The number of pyridine rings is 1. The third kappa shape index (κ3) is 13.0. The molecule has 1 aromatic heterocycles. The summed E-state index contributed by atoms with van der Waals surface area (Å²) in [7, 11) is 0. The smallest absolute Gasteiger partial charge is 0.307 e. The molecule has 0 amide bonds. The zero-order valence-corrected chi connectivity index (χ0v) is 18.6. The first kappa shape index (κ1) is 26.7. The predicted molar refractivity (Wildman–Crippen MR) is 120 cm³/mol. The fraction of sp³-hybridized carbons (Fsp3) is 0.636. The van der Waals surface area contributed by atoms with E-state index in [0.29, 0.717) is 23.9 Å². The molecule has 0 bridgehead atoms. The molecule has 1 aromatic rings. The normalized spacial score (nSPS) is 10.8. The molecule has 0 unspecified atom stereocenters. The Balaban J connectivity index is 0.00000729. The highest BCUT2D eigenvalue weighted by Gasteiger charge is 2.05. The lowest BCUT2D eigenvalue weighted by atomic mass is 10.1. The summed E-state index contributed by atoms with van der Waals surface area (Å²) >= 11 is 5.84. The van der Waals surface area contributed by atoms with E-state index in [9.17, 15) is 4.79 Å². The zero-order chi connectivity index (χ0) is 19.7. The van der Waals surface area contributed by atoms with Crippen molar-refractivity contribution in [1.29, 1.82) is 0 Å². The van der Waals surface area contributed by atoms with E-state index < -0.39 is 5.97 Å². The van der Waals surface area contributed by atoms with Crippen LogP contribution >= 0.6 is 24.0 Å². The maximum absolute atomic E-state index is 10.7. The number of hydrogen-bond donors (Lipinski definition) is 1. The van der Waals surface area contributed by atoms with Gasteiger partial charge in [-0.25, -0.2) is 4.98 Å². The van der Waals surface area contributed by atoms with E-state index in [2.05, 4.69) is 11.9 Å². The van der Waals surface area contributed by atoms with Gasteiger partial charge < -0.3 is 9.84 Å². The summed E-state index contributed by atoms with van der Waals surface area (Å²) < 4.78 is 5.86. The molecule has 6 heteroatoms. The van der Waals surface area contributed by atoms with Gasteiger partial charge in [0.05, 0.1) is 24.6 Å². The van der Waals surface area contributed by atoms with Crippen molar-refractivity contribution in [2.24, 2.45) is 0 Å². The summed E-state index contributed by atoms with van der Waals surface area (Å²) in [5.74, 6) is 0.132. The third-order valence-electron chi connectivity index (χ3n) is 4.40. The van der Waals surface area contributed by atoms with Crippen LogP contribution in [0.4, 0.5) is 0 Å². The van der Waals surface area contributed by atoms with Crippen molar-refractivity contribution in [3.05, 3.63) is 29.6 Å². The fourth-order valence-electron chi connectivity index (χ4n) is 2.86. The highest BCUT2D eigenvalue weighted by molar-refractivity contribution is 6.16. The number of nitrogens with zero attached hydrogens (tertiary/aromatic N) is 1. The van der Waals surface area contributed by atoms with E-state index in [4.69, 9.17) is 21.4 Å². The van der Waals surface area contributed by atoms with Crippen LogP contribution in [0.3, 0.4) is 0 Å². The molecule has 0 radical (unpaired) electrons. The molecule has 0 aromatic carbocycles. The summed E-state index contributed by atoms with van der Waals surface area (Å²) in [4.78, 5) is 15.1. The van der Waals surface area contributed by atoms with Crippen LogP contribution in [0.15, 0.2) is 18.2 Å². The van der Waals surface area contributed by atoms with Crippen LogP contribution in [-0.4, -0.2) is 22.7 Å². The maximum atomic E-state index is 10.7. The molecule has 1 heterocycles. The number of hydrogen-bond acceptors (Lipinski definition) is 3. The predicted octanol–water partition coefficient (Wildman–Crippen LogP) is 7.03. The molecule has 1 rings (SSSR count). The van der Waals surface area contributed by atoms with Crippen molar-refractivity contribution >= 4 is 36.1 Å². The molecule has 0 saturated carbocycles. The average Bonchev–Trinajstić information content (AvgIpc) is 2.66. The highest BCUT2D eigenvalue weighted by Crippen LogP contribution is 2.20. The second-order valence-electron chi connectivity index (χ2n) is 6.85. The van der Waals surface area contributed by atoms with Crippen LogP contribution in [-0.2, 0) is 10.7 Å². The molecule has 160 valence electrons. The van der Waals surface area contributed by atoms with Gasteiger partial charge in [-0.2, -0.15) is 0 Å². The quantitative estimate of drug-likeness (QED) is 0.225. The standard InChI is InChI=1S/C22H34ClNO3.ClH/c1-2-3-4-5-6-7-8-9-10-11-17-27-21-16-15-19(18-23)24-20(21)13-12-14-22(25)26;/h12-13,15-16H,2-11,14,17-18H2,1H3,(H,25,26);1H/b13-12+;. The van der Waals surface area contributed by atoms with Gasteiger partial charge in [-0.1, -0.05) is 70.8 Å². The second-order valence-corrected chi connectivity index (χ2v) is 7.12. The number of ether oxygens (including phenoxy) is 1. The maximum Gasteiger partial charge on any atom is 0.307 e. The van der Waals surface area contributed by atoms with Gasteiger partial charge in [0.15, 0.2) is 0 Å². The third-order valence-corrected chi connectivity index (χ3v) is 4.68. The molecule has 0 atom stereocenters. The highest BCUT2D eigenvalue weighted by atomic mass is 35.5. The van der Waals surface area contributed by atoms with Gasteiger partial charge in [0.2, 0.25) is 0 Å². The lowest BCUT2D eigenvalue weighted by Crippen LogP contribution is -2.01. The summed E-state index contributed by atoms with van der Waals surface area (Å²) in [6.45, 7) is 2.90. The number of carboxylic acid groups (broad SMARTS) is 1. The molecule has 0 fully saturated rings. The Bertz CT molecular complexity index is 565. The van der Waals surface area contributed by atoms with Crippen LogP contribution in [0.2, 0.25) is 0 Å². The van der Waals surface area contributed by atoms with Crippen molar-refractivity contribution in [2.75, 3.05) is 6.61 Å². The Kier molecular flexibility index (Phi) is 17.0. The van der Waals surface area contributed by atoms with Gasteiger partial charge in [0.25, 0.3) is 0 Å². The Morgan fingerprint density at radius 2 is 1.68 bits per heavy atom. The van der Waals surface area contributed by atoms with Crippen molar-refractivity contribution in [1.82, 2.24) is 4.98 Å². The van der Waals surface area contributed by atoms with Crippen LogP contribution in [0.25, 0.3) is 6.08 Å². The van der Waals surface area contributed by atoms with E-state index in [0.717, 1.165) is 12.1 Å². The first-order valence-corrected chi connectivity index (χ1v) is 10.8. The van der Waals surface area contributed by atoms with Crippen molar-refractivity contribution in [3.8, 4) is 5.75 Å². The van der Waals surface area contributed by atoms with Gasteiger partial charge in [0, 0.05) is 0 Å². The number of aromatic nitrogens is 1. The number of unbranched alkanes of at least 4 members (excludes halogenated alkanes) is 9. The monoisotopic (exact) mass is 431 g/mol. The summed E-state index contributed by atoms with van der Waals surface area (Å²) in [6.07, 6.45) is 16.1. The molecular formula is C22H35Cl2NO3. The molecule has 28 heavy (non-hydrogen) atoms. The van der Waals surface area contributed by atoms with Crippen molar-refractivity contribution < 1.29 is 14.6 Å². The Labute approximate surface area is 181 Å². The van der Waals surface area contributed by atoms with Crippen LogP contribution in [0.5, 0.6) is 5.75 Å². The lowest BCUT2D eigenvalue weighted by molar-refractivity contribution is -0.135. The molecule has 0 saturated heterocycles. The van der Waals surface area contributed by atoms with Crippen LogP contribution in [0, 0.1) is 0 Å². The Morgan fingerprint density at radius 1 is 1.07 bits per heavy atom. The number of halogens is 2. The Morgan fingerprint density at radius 3 is 2.25 bits per heavy atom. The topological polar surface area (TPSA) is 59.4 Å². The van der Waals surface area contributed by atoms with E-state index in [-0.39, 0.29) is 18.8 Å². The number of carboxylic acids is 1. The van der Waals surface area contributed by atoms with E-state index >= 15 is 0 Å². The first-order valence-electron chi connectivity index (χ1n) is 10.2. The largest absolute Gasteiger partial charge is 0.491 e. The number of rotatable bonds is 16. The van der Waals surface area contributed by atoms with Gasteiger partial charge >= 0.3 is 5.97 Å². The first-order chi connectivity index (χ1) is 13.2. The van der Waals surface area contributed by atoms with Gasteiger partial charge in [-0.05, 0) is 24.6 Å². The Hall–Kier alpha value is -1.26. The summed E-state index contributed by atoms with van der Waals surface area (Å²) in [6, 6.07) is 3.71. The van der Waals surface area contributed by atoms with E-state index in [1.165, 1.54) is 57.8 Å². The zero-order valence-electron chi connectivity index (χ0n) is 17.0. The fourth-order valence-corrected chi connectivity index (χ4v) is 3.01. The van der Waals surface area contributed by atoms with Gasteiger partial charge in [-0.15, -0.1) is 24.0 Å². The van der Waals surface area contributed by atoms with Crippen molar-refractivity contribution in [2.45, 2.75) is 83.4 Å². The average molecular weight is 432 g/mol. The molecule has 1 N–H and O–H groups in total. The minimum absolute atomic E-state index is 0. The summed E-state index contributed by atoms with van der Waals surface area (Å²) in [5.41, 5.74) is 1.39. The SMILES string of the molecule is CCCCCCCCCCCCOc1ccc(CCl)nc1/C=C/CC(=O)O.Cl. The van der Waals surface area contributed by atoms with Crippen molar-refractivity contribution in [3.63, 3.8) is 0 Å². The molecular weight excluding hydrogens is 397 g/mol. The molecule has 0 aliphatic carbocycles. The van der Waals surface area contributed by atoms with Crippen LogP contribution in [0.1, 0.15) is 88.9 Å². The lowest BCUT2D eigenvalue weighted by Gasteiger charge is -2.10. The van der Waals surface area contributed by atoms with E-state index in [1.54, 1.807) is 12.2 Å².